The van der Waals surface area contributed by atoms with Crippen molar-refractivity contribution in [2.45, 2.75) is 6.92 Å². The SMILES string of the molecule is CCOC(=O)c1ccc(ON)c(OC)c1. The van der Waals surface area contributed by atoms with E-state index in [1.807, 2.05) is 0 Å². The van der Waals surface area contributed by atoms with E-state index in [0.717, 1.165) is 0 Å². The van der Waals surface area contributed by atoms with Crippen molar-refractivity contribution in [2.24, 2.45) is 5.90 Å². The van der Waals surface area contributed by atoms with Crippen LogP contribution in [0.4, 0.5) is 0 Å². The van der Waals surface area contributed by atoms with E-state index in [1.165, 1.54) is 13.2 Å². The van der Waals surface area contributed by atoms with E-state index in [9.17, 15) is 4.79 Å². The molecule has 2 N–H and O–H groups in total. The van der Waals surface area contributed by atoms with Crippen molar-refractivity contribution in [1.82, 2.24) is 0 Å². The van der Waals surface area contributed by atoms with Gasteiger partial charge in [0.15, 0.2) is 11.5 Å². The van der Waals surface area contributed by atoms with Crippen LogP contribution in [0.5, 0.6) is 11.5 Å². The second kappa shape index (κ2) is 5.21. The lowest BCUT2D eigenvalue weighted by Gasteiger charge is -2.08. The molecule has 0 radical (unpaired) electrons. The Balaban J connectivity index is 2.97. The van der Waals surface area contributed by atoms with Crippen LogP contribution in [0.3, 0.4) is 0 Å². The fraction of sp³-hybridized carbons (Fsp3) is 0.300. The van der Waals surface area contributed by atoms with E-state index in [2.05, 4.69) is 4.84 Å². The molecule has 0 aliphatic rings. The molecule has 0 spiro atoms. The Morgan fingerprint density at radius 2 is 2.13 bits per heavy atom. The molecule has 0 fully saturated rings. The Kier molecular flexibility index (Phi) is 3.93. The van der Waals surface area contributed by atoms with Crippen molar-refractivity contribution in [3.63, 3.8) is 0 Å². The lowest BCUT2D eigenvalue weighted by Crippen LogP contribution is -2.07. The average Bonchev–Trinajstić information content (AvgIpc) is 2.28. The van der Waals surface area contributed by atoms with Crippen LogP contribution in [0.1, 0.15) is 17.3 Å². The first kappa shape index (κ1) is 11.3. The smallest absolute Gasteiger partial charge is 0.338 e. The van der Waals surface area contributed by atoms with Gasteiger partial charge in [-0.2, -0.15) is 5.90 Å². The maximum absolute atomic E-state index is 11.4. The highest BCUT2D eigenvalue weighted by Crippen LogP contribution is 2.27. The van der Waals surface area contributed by atoms with E-state index in [1.54, 1.807) is 19.1 Å². The first-order valence-corrected chi connectivity index (χ1v) is 4.44. The molecule has 1 aromatic carbocycles. The first-order valence-electron chi connectivity index (χ1n) is 4.44. The summed E-state index contributed by atoms with van der Waals surface area (Å²) in [5, 5.41) is 0. The van der Waals surface area contributed by atoms with Crippen molar-refractivity contribution < 1.29 is 19.1 Å². The lowest BCUT2D eigenvalue weighted by atomic mass is 10.2. The van der Waals surface area contributed by atoms with Crippen LogP contribution >= 0.6 is 0 Å². The summed E-state index contributed by atoms with van der Waals surface area (Å²) < 4.78 is 9.83. The highest BCUT2D eigenvalue weighted by molar-refractivity contribution is 5.90. The number of rotatable bonds is 4. The summed E-state index contributed by atoms with van der Waals surface area (Å²) in [7, 11) is 1.47. The minimum atomic E-state index is -0.403. The van der Waals surface area contributed by atoms with Crippen LogP contribution in [0, 0.1) is 0 Å². The predicted molar refractivity (Wildman–Crippen MR) is 53.8 cm³/mol. The quantitative estimate of drug-likeness (QED) is 0.597. The van der Waals surface area contributed by atoms with Gasteiger partial charge < -0.3 is 14.3 Å². The van der Waals surface area contributed by atoms with E-state index >= 15 is 0 Å². The van der Waals surface area contributed by atoms with E-state index < -0.39 is 5.97 Å². The third-order valence-corrected chi connectivity index (χ3v) is 1.80. The molecule has 0 saturated heterocycles. The van der Waals surface area contributed by atoms with Crippen LogP contribution in [0.15, 0.2) is 18.2 Å². The summed E-state index contributed by atoms with van der Waals surface area (Å²) in [4.78, 5) is 15.9. The Morgan fingerprint density at radius 1 is 1.40 bits per heavy atom. The molecule has 0 aromatic heterocycles. The number of nitrogens with two attached hydrogens (primary N) is 1. The lowest BCUT2D eigenvalue weighted by molar-refractivity contribution is 0.0526. The molecule has 0 aliphatic carbocycles. The molecule has 5 heteroatoms. The molecular weight excluding hydrogens is 198 g/mol. The fourth-order valence-corrected chi connectivity index (χ4v) is 1.11. The Bertz CT molecular complexity index is 351. The standard InChI is InChI=1S/C10H13NO4/c1-3-14-10(12)7-4-5-8(15-11)9(6-7)13-2/h4-6H,3,11H2,1-2H3. The van der Waals surface area contributed by atoms with Crippen LogP contribution in [0.25, 0.3) is 0 Å². The maximum Gasteiger partial charge on any atom is 0.338 e. The summed E-state index contributed by atoms with van der Waals surface area (Å²) in [5.41, 5.74) is 0.398. The molecular formula is C10H13NO4. The van der Waals surface area contributed by atoms with Crippen molar-refractivity contribution >= 4 is 5.97 Å². The van der Waals surface area contributed by atoms with Gasteiger partial charge in [-0.1, -0.05) is 0 Å². The molecule has 0 amide bonds. The monoisotopic (exact) mass is 211 g/mol. The van der Waals surface area contributed by atoms with Crippen molar-refractivity contribution in [3.05, 3.63) is 23.8 Å². The molecule has 0 saturated carbocycles. The average molecular weight is 211 g/mol. The third-order valence-electron chi connectivity index (χ3n) is 1.80. The maximum atomic E-state index is 11.4. The zero-order valence-electron chi connectivity index (χ0n) is 8.65. The molecule has 0 aliphatic heterocycles. The number of methoxy groups -OCH3 is 1. The highest BCUT2D eigenvalue weighted by atomic mass is 16.6. The van der Waals surface area contributed by atoms with Crippen molar-refractivity contribution in [3.8, 4) is 11.5 Å². The number of hydrogen-bond acceptors (Lipinski definition) is 5. The Hall–Kier alpha value is -1.75. The van der Waals surface area contributed by atoms with Crippen LogP contribution < -0.4 is 15.5 Å². The number of hydrogen-bond donors (Lipinski definition) is 1. The molecule has 0 atom stereocenters. The van der Waals surface area contributed by atoms with Gasteiger partial charge in [0.05, 0.1) is 19.3 Å². The van der Waals surface area contributed by atoms with Gasteiger partial charge in [0, 0.05) is 0 Å². The molecule has 5 nitrogen and oxygen atoms in total. The van der Waals surface area contributed by atoms with E-state index in [4.69, 9.17) is 15.4 Å². The largest absolute Gasteiger partial charge is 0.493 e. The number of benzene rings is 1. The van der Waals surface area contributed by atoms with Crippen molar-refractivity contribution in [2.75, 3.05) is 13.7 Å². The van der Waals surface area contributed by atoms with Gasteiger partial charge in [-0.15, -0.1) is 0 Å². The molecule has 15 heavy (non-hydrogen) atoms. The van der Waals surface area contributed by atoms with Crippen LogP contribution in [-0.4, -0.2) is 19.7 Å². The normalized spacial score (nSPS) is 9.53. The van der Waals surface area contributed by atoms with Crippen LogP contribution in [-0.2, 0) is 4.74 Å². The minimum Gasteiger partial charge on any atom is -0.493 e. The van der Waals surface area contributed by atoms with Gasteiger partial charge in [0.2, 0.25) is 0 Å². The number of esters is 1. The molecule has 0 heterocycles. The van der Waals surface area contributed by atoms with Gasteiger partial charge in [-0.05, 0) is 25.1 Å². The van der Waals surface area contributed by atoms with Gasteiger partial charge in [-0.25, -0.2) is 4.79 Å². The zero-order chi connectivity index (χ0) is 11.3. The topological polar surface area (TPSA) is 70.8 Å². The van der Waals surface area contributed by atoms with Crippen LogP contribution in [0.2, 0.25) is 0 Å². The fourth-order valence-electron chi connectivity index (χ4n) is 1.11. The number of carbonyl (C=O) groups excluding carboxylic acids is 1. The van der Waals surface area contributed by atoms with Gasteiger partial charge in [0.25, 0.3) is 0 Å². The minimum absolute atomic E-state index is 0.330. The predicted octanol–water partition coefficient (Wildman–Crippen LogP) is 1.12. The number of ether oxygens (including phenoxy) is 2. The molecule has 1 rings (SSSR count). The van der Waals surface area contributed by atoms with Crippen molar-refractivity contribution in [1.29, 1.82) is 0 Å². The Labute approximate surface area is 87.7 Å². The van der Waals surface area contributed by atoms with E-state index in [0.29, 0.717) is 23.7 Å². The van der Waals surface area contributed by atoms with Gasteiger partial charge in [0.1, 0.15) is 0 Å². The Morgan fingerprint density at radius 3 is 2.67 bits per heavy atom. The second-order valence-corrected chi connectivity index (χ2v) is 2.70. The molecule has 0 bridgehead atoms. The first-order chi connectivity index (χ1) is 7.22. The summed E-state index contributed by atoms with van der Waals surface area (Å²) in [6.07, 6.45) is 0. The van der Waals surface area contributed by atoms with E-state index in [-0.39, 0.29) is 0 Å². The number of carbonyl (C=O) groups is 1. The third kappa shape index (κ3) is 2.60. The summed E-state index contributed by atoms with van der Waals surface area (Å²) in [6, 6.07) is 4.62. The highest BCUT2D eigenvalue weighted by Gasteiger charge is 2.11. The summed E-state index contributed by atoms with van der Waals surface area (Å²) >= 11 is 0. The molecule has 1 aromatic rings. The van der Waals surface area contributed by atoms with Gasteiger partial charge in [-0.3, -0.25) is 0 Å². The zero-order valence-corrected chi connectivity index (χ0v) is 8.65. The summed E-state index contributed by atoms with van der Waals surface area (Å²) in [5.74, 6) is 5.37. The van der Waals surface area contributed by atoms with Gasteiger partial charge >= 0.3 is 5.97 Å². The molecule has 0 unspecified atom stereocenters. The second-order valence-electron chi connectivity index (χ2n) is 2.70. The molecule has 82 valence electrons. The summed E-state index contributed by atoms with van der Waals surface area (Å²) in [6.45, 7) is 2.07.